The standard InChI is InChI=1S/C16H23N3O/c1-12(2)11-20-16-8-6-5-7-14(16)18-13(3)15-9-10-17-19(15)4/h5-10,12-13,18H,11H2,1-4H3. The molecule has 0 aliphatic carbocycles. The topological polar surface area (TPSA) is 39.1 Å². The van der Waals surface area contributed by atoms with Crippen molar-refractivity contribution in [3.63, 3.8) is 0 Å². The van der Waals surface area contributed by atoms with Crippen LogP contribution in [0.1, 0.15) is 32.5 Å². The van der Waals surface area contributed by atoms with Gasteiger partial charge in [-0.05, 0) is 31.0 Å². The lowest BCUT2D eigenvalue weighted by Crippen LogP contribution is -2.13. The number of para-hydroxylation sites is 2. The molecular formula is C16H23N3O. The molecule has 0 bridgehead atoms. The van der Waals surface area contributed by atoms with Crippen LogP contribution in [0.3, 0.4) is 0 Å². The summed E-state index contributed by atoms with van der Waals surface area (Å²) < 4.78 is 7.75. The monoisotopic (exact) mass is 273 g/mol. The van der Waals surface area contributed by atoms with Crippen molar-refractivity contribution >= 4 is 5.69 Å². The third-order valence-electron chi connectivity index (χ3n) is 3.13. The molecule has 0 saturated heterocycles. The van der Waals surface area contributed by atoms with E-state index in [1.807, 2.05) is 48.3 Å². The minimum absolute atomic E-state index is 0.172. The van der Waals surface area contributed by atoms with Crippen LogP contribution in [0.15, 0.2) is 36.5 Å². The number of benzene rings is 1. The second-order valence-electron chi connectivity index (χ2n) is 5.45. The smallest absolute Gasteiger partial charge is 0.142 e. The van der Waals surface area contributed by atoms with Crippen LogP contribution in [0, 0.1) is 5.92 Å². The Hall–Kier alpha value is -1.97. The predicted octanol–water partition coefficient (Wildman–Crippen LogP) is 3.63. The molecule has 0 aliphatic rings. The summed E-state index contributed by atoms with van der Waals surface area (Å²) in [5.74, 6) is 1.41. The quantitative estimate of drug-likeness (QED) is 0.873. The lowest BCUT2D eigenvalue weighted by Gasteiger charge is -2.19. The van der Waals surface area contributed by atoms with Crippen LogP contribution in [0.2, 0.25) is 0 Å². The van der Waals surface area contributed by atoms with Gasteiger partial charge in [0.05, 0.1) is 24.0 Å². The van der Waals surface area contributed by atoms with Gasteiger partial charge in [0.1, 0.15) is 5.75 Å². The fourth-order valence-corrected chi connectivity index (χ4v) is 2.08. The van der Waals surface area contributed by atoms with E-state index in [-0.39, 0.29) is 6.04 Å². The Morgan fingerprint density at radius 2 is 1.95 bits per heavy atom. The van der Waals surface area contributed by atoms with E-state index in [2.05, 4.69) is 31.2 Å². The third kappa shape index (κ3) is 3.53. The number of rotatable bonds is 6. The molecule has 1 atom stereocenters. The van der Waals surface area contributed by atoms with E-state index in [1.165, 1.54) is 0 Å². The molecule has 0 spiro atoms. The highest BCUT2D eigenvalue weighted by Gasteiger charge is 2.12. The van der Waals surface area contributed by atoms with Gasteiger partial charge in [-0.15, -0.1) is 0 Å². The molecule has 4 heteroatoms. The first kappa shape index (κ1) is 14.4. The number of nitrogens with zero attached hydrogens (tertiary/aromatic N) is 2. The van der Waals surface area contributed by atoms with Crippen molar-refractivity contribution in [2.75, 3.05) is 11.9 Å². The van der Waals surface area contributed by atoms with Crippen LogP contribution < -0.4 is 10.1 Å². The summed E-state index contributed by atoms with van der Waals surface area (Å²) in [7, 11) is 1.95. The summed E-state index contributed by atoms with van der Waals surface area (Å²) in [5.41, 5.74) is 2.16. The summed E-state index contributed by atoms with van der Waals surface area (Å²) in [6.07, 6.45) is 1.81. The number of aryl methyl sites for hydroxylation is 1. The van der Waals surface area contributed by atoms with E-state index in [4.69, 9.17) is 4.74 Å². The van der Waals surface area contributed by atoms with Crippen LogP contribution in [0.4, 0.5) is 5.69 Å². The zero-order chi connectivity index (χ0) is 14.5. The molecule has 0 fully saturated rings. The van der Waals surface area contributed by atoms with Gasteiger partial charge in [0.25, 0.3) is 0 Å². The Labute approximate surface area is 120 Å². The Bertz CT molecular complexity index is 548. The summed E-state index contributed by atoms with van der Waals surface area (Å²) >= 11 is 0. The Kier molecular flexibility index (Phi) is 4.66. The lowest BCUT2D eigenvalue weighted by molar-refractivity contribution is 0.272. The molecule has 0 radical (unpaired) electrons. The number of anilines is 1. The maximum absolute atomic E-state index is 5.86. The molecule has 0 saturated carbocycles. The van der Waals surface area contributed by atoms with Gasteiger partial charge in [-0.2, -0.15) is 5.10 Å². The van der Waals surface area contributed by atoms with Gasteiger partial charge in [0.2, 0.25) is 0 Å². The summed E-state index contributed by atoms with van der Waals surface area (Å²) in [6, 6.07) is 10.3. The lowest BCUT2D eigenvalue weighted by atomic mass is 10.2. The number of nitrogens with one attached hydrogen (secondary N) is 1. The highest BCUT2D eigenvalue weighted by Crippen LogP contribution is 2.28. The van der Waals surface area contributed by atoms with E-state index in [0.717, 1.165) is 23.7 Å². The molecule has 0 amide bonds. The maximum Gasteiger partial charge on any atom is 0.142 e. The first-order valence-electron chi connectivity index (χ1n) is 7.04. The molecule has 1 N–H and O–H groups in total. The summed E-state index contributed by atoms with van der Waals surface area (Å²) in [5, 5.41) is 7.70. The van der Waals surface area contributed by atoms with Gasteiger partial charge in [0, 0.05) is 13.2 Å². The normalized spacial score (nSPS) is 12.4. The van der Waals surface area contributed by atoms with Crippen molar-refractivity contribution in [3.05, 3.63) is 42.2 Å². The largest absolute Gasteiger partial charge is 0.491 e. The van der Waals surface area contributed by atoms with Crippen molar-refractivity contribution in [1.82, 2.24) is 9.78 Å². The van der Waals surface area contributed by atoms with Crippen LogP contribution >= 0.6 is 0 Å². The highest BCUT2D eigenvalue weighted by atomic mass is 16.5. The number of hydrogen-bond donors (Lipinski definition) is 1. The molecule has 1 unspecified atom stereocenters. The molecule has 20 heavy (non-hydrogen) atoms. The van der Waals surface area contributed by atoms with Crippen molar-refractivity contribution in [1.29, 1.82) is 0 Å². The number of ether oxygens (including phenoxy) is 1. The molecule has 108 valence electrons. The SMILES string of the molecule is CC(C)COc1ccccc1NC(C)c1ccnn1C. The molecule has 2 rings (SSSR count). The average Bonchev–Trinajstić information content (AvgIpc) is 2.84. The first-order valence-corrected chi connectivity index (χ1v) is 7.04. The predicted molar refractivity (Wildman–Crippen MR) is 82.0 cm³/mol. The van der Waals surface area contributed by atoms with Crippen LogP contribution in [-0.4, -0.2) is 16.4 Å². The number of hydrogen-bond acceptors (Lipinski definition) is 3. The van der Waals surface area contributed by atoms with Gasteiger partial charge in [-0.25, -0.2) is 0 Å². The zero-order valence-corrected chi connectivity index (χ0v) is 12.6. The Morgan fingerprint density at radius 1 is 1.20 bits per heavy atom. The van der Waals surface area contributed by atoms with Crippen molar-refractivity contribution in [2.24, 2.45) is 13.0 Å². The number of aromatic nitrogens is 2. The molecule has 1 aromatic heterocycles. The van der Waals surface area contributed by atoms with Crippen LogP contribution in [0.5, 0.6) is 5.75 Å². The second-order valence-corrected chi connectivity index (χ2v) is 5.45. The van der Waals surface area contributed by atoms with Crippen molar-refractivity contribution in [3.8, 4) is 5.75 Å². The molecule has 1 aromatic carbocycles. The second kappa shape index (κ2) is 6.46. The van der Waals surface area contributed by atoms with Crippen LogP contribution in [-0.2, 0) is 7.05 Å². The van der Waals surface area contributed by atoms with E-state index >= 15 is 0 Å². The maximum atomic E-state index is 5.86. The van der Waals surface area contributed by atoms with Gasteiger partial charge >= 0.3 is 0 Å². The molecule has 4 nitrogen and oxygen atoms in total. The van der Waals surface area contributed by atoms with Crippen molar-refractivity contribution in [2.45, 2.75) is 26.8 Å². The highest BCUT2D eigenvalue weighted by molar-refractivity contribution is 5.57. The summed E-state index contributed by atoms with van der Waals surface area (Å²) in [6.45, 7) is 7.14. The Balaban J connectivity index is 2.11. The molecule has 1 heterocycles. The van der Waals surface area contributed by atoms with E-state index < -0.39 is 0 Å². The summed E-state index contributed by atoms with van der Waals surface area (Å²) in [4.78, 5) is 0. The average molecular weight is 273 g/mol. The fraction of sp³-hybridized carbons (Fsp3) is 0.438. The first-order chi connectivity index (χ1) is 9.58. The third-order valence-corrected chi connectivity index (χ3v) is 3.13. The van der Waals surface area contributed by atoms with Gasteiger partial charge in [-0.1, -0.05) is 26.0 Å². The van der Waals surface area contributed by atoms with Gasteiger partial charge in [-0.3, -0.25) is 4.68 Å². The Morgan fingerprint density at radius 3 is 2.60 bits per heavy atom. The van der Waals surface area contributed by atoms with E-state index in [9.17, 15) is 0 Å². The van der Waals surface area contributed by atoms with Gasteiger partial charge < -0.3 is 10.1 Å². The zero-order valence-electron chi connectivity index (χ0n) is 12.6. The van der Waals surface area contributed by atoms with Crippen LogP contribution in [0.25, 0.3) is 0 Å². The van der Waals surface area contributed by atoms with Crippen molar-refractivity contribution < 1.29 is 4.74 Å². The van der Waals surface area contributed by atoms with E-state index in [0.29, 0.717) is 5.92 Å². The van der Waals surface area contributed by atoms with E-state index in [1.54, 1.807) is 0 Å². The minimum atomic E-state index is 0.172. The molecule has 0 aliphatic heterocycles. The minimum Gasteiger partial charge on any atom is -0.491 e. The molecule has 2 aromatic rings. The molecular weight excluding hydrogens is 250 g/mol. The fourth-order valence-electron chi connectivity index (χ4n) is 2.08. The van der Waals surface area contributed by atoms with Gasteiger partial charge in [0.15, 0.2) is 0 Å².